The maximum absolute atomic E-state index is 12.8. The third-order valence-corrected chi connectivity index (χ3v) is 6.54. The third kappa shape index (κ3) is 5.79. The van der Waals surface area contributed by atoms with Gasteiger partial charge in [0.05, 0.1) is 4.91 Å². The van der Waals surface area contributed by atoms with E-state index in [4.69, 9.17) is 21.7 Å². The van der Waals surface area contributed by atoms with Gasteiger partial charge in [-0.15, -0.1) is 0 Å². The molecular weight excluding hydrogens is 488 g/mol. The van der Waals surface area contributed by atoms with Crippen molar-refractivity contribution in [3.05, 3.63) is 82.5 Å². The van der Waals surface area contributed by atoms with Gasteiger partial charge >= 0.3 is 5.97 Å². The number of carbonyl (C=O) groups is 3. The van der Waals surface area contributed by atoms with E-state index >= 15 is 0 Å². The predicted octanol–water partition coefficient (Wildman–Crippen LogP) is 3.91. The highest BCUT2D eigenvalue weighted by atomic mass is 32.2. The average molecular weight is 509 g/mol. The number of carboxylic acids is 1. The lowest BCUT2D eigenvalue weighted by atomic mass is 10.1. The van der Waals surface area contributed by atoms with E-state index in [0.717, 1.165) is 17.3 Å². The Balaban J connectivity index is 1.38. The molecule has 0 spiro atoms. The second kappa shape index (κ2) is 10.6. The number of furan rings is 1. The number of nitrogens with one attached hydrogen (secondary N) is 1. The molecule has 2 heterocycles. The number of carboxylic acid groups (broad SMARTS) is 1. The minimum Gasteiger partial charge on any atom is -0.507 e. The van der Waals surface area contributed by atoms with Gasteiger partial charge in [-0.05, 0) is 36.2 Å². The van der Waals surface area contributed by atoms with Crippen molar-refractivity contribution < 1.29 is 29.0 Å². The fraction of sp³-hybridized carbons (Fsp3) is 0.120. The lowest BCUT2D eigenvalue weighted by molar-refractivity contribution is -0.128. The van der Waals surface area contributed by atoms with Gasteiger partial charge in [-0.3, -0.25) is 14.5 Å². The smallest absolute Gasteiger partial charge is 0.339 e. The summed E-state index contributed by atoms with van der Waals surface area (Å²) in [4.78, 5) is 37.8. The van der Waals surface area contributed by atoms with Crippen LogP contribution in [0.25, 0.3) is 17.4 Å². The maximum atomic E-state index is 12.8. The topological polar surface area (TPSA) is 120 Å². The van der Waals surface area contributed by atoms with E-state index in [2.05, 4.69) is 5.32 Å². The highest BCUT2D eigenvalue weighted by Gasteiger charge is 2.33. The Labute approximate surface area is 210 Å². The van der Waals surface area contributed by atoms with Crippen LogP contribution in [0, 0.1) is 0 Å². The molecule has 1 fully saturated rings. The molecule has 0 unspecified atom stereocenters. The number of aromatic hydroxyl groups is 1. The molecule has 10 heteroatoms. The summed E-state index contributed by atoms with van der Waals surface area (Å²) in [6, 6.07) is 17.1. The van der Waals surface area contributed by atoms with Gasteiger partial charge in [-0.1, -0.05) is 60.4 Å². The second-order valence-electron chi connectivity index (χ2n) is 7.59. The maximum Gasteiger partial charge on any atom is 0.339 e. The van der Waals surface area contributed by atoms with Crippen molar-refractivity contribution >= 4 is 52.2 Å². The normalized spacial score (nSPS) is 14.5. The molecule has 178 valence electrons. The van der Waals surface area contributed by atoms with Crippen LogP contribution in [0.4, 0.5) is 0 Å². The van der Waals surface area contributed by atoms with E-state index in [1.54, 1.807) is 12.1 Å². The van der Waals surface area contributed by atoms with Gasteiger partial charge in [0.2, 0.25) is 5.91 Å². The van der Waals surface area contributed by atoms with Gasteiger partial charge in [-0.2, -0.15) is 0 Å². The molecule has 0 aliphatic carbocycles. The average Bonchev–Trinajstić information content (AvgIpc) is 3.40. The largest absolute Gasteiger partial charge is 0.507 e. The van der Waals surface area contributed by atoms with E-state index in [0.29, 0.717) is 35.0 Å². The molecule has 2 amide bonds. The zero-order valence-electron chi connectivity index (χ0n) is 18.3. The van der Waals surface area contributed by atoms with Gasteiger partial charge in [0.15, 0.2) is 0 Å². The zero-order chi connectivity index (χ0) is 24.9. The molecular formula is C25H20N2O6S2. The Bertz CT molecular complexity index is 1330. The molecule has 0 bridgehead atoms. The summed E-state index contributed by atoms with van der Waals surface area (Å²) in [7, 11) is 0. The van der Waals surface area contributed by atoms with Crippen LogP contribution in [-0.4, -0.2) is 50.3 Å². The number of amides is 2. The molecule has 0 radical (unpaired) electrons. The summed E-state index contributed by atoms with van der Waals surface area (Å²) in [5.74, 6) is -1.55. The first-order valence-electron chi connectivity index (χ1n) is 10.5. The Kier molecular flexibility index (Phi) is 7.33. The number of nitrogens with zero attached hydrogens (tertiary/aromatic N) is 1. The Morgan fingerprint density at radius 1 is 1.11 bits per heavy atom. The van der Waals surface area contributed by atoms with E-state index < -0.39 is 5.97 Å². The molecule has 1 aliphatic rings. The van der Waals surface area contributed by atoms with Crippen molar-refractivity contribution in [3.8, 4) is 17.1 Å². The number of rotatable bonds is 8. The summed E-state index contributed by atoms with van der Waals surface area (Å²) in [6.45, 7) is 0.279. The Morgan fingerprint density at radius 2 is 1.89 bits per heavy atom. The van der Waals surface area contributed by atoms with Crippen molar-refractivity contribution in [3.63, 3.8) is 0 Å². The molecule has 0 saturated carbocycles. The second-order valence-corrected chi connectivity index (χ2v) is 9.27. The first kappa shape index (κ1) is 24.2. The van der Waals surface area contributed by atoms with Gasteiger partial charge < -0.3 is 19.9 Å². The van der Waals surface area contributed by atoms with Crippen LogP contribution in [0.3, 0.4) is 0 Å². The van der Waals surface area contributed by atoms with E-state index in [1.807, 2.05) is 30.3 Å². The molecule has 35 heavy (non-hydrogen) atoms. The number of hydrogen-bond acceptors (Lipinski definition) is 7. The number of aromatic carboxylic acids is 1. The van der Waals surface area contributed by atoms with Gasteiger partial charge in [0, 0.05) is 18.2 Å². The highest BCUT2D eigenvalue weighted by Crippen LogP contribution is 2.34. The summed E-state index contributed by atoms with van der Waals surface area (Å²) in [5, 5.41) is 21.7. The monoisotopic (exact) mass is 508 g/mol. The minimum atomic E-state index is -1.24. The molecule has 1 aromatic heterocycles. The summed E-state index contributed by atoms with van der Waals surface area (Å²) in [6.07, 6.45) is 2.21. The molecule has 3 aromatic rings. The highest BCUT2D eigenvalue weighted by molar-refractivity contribution is 8.26. The van der Waals surface area contributed by atoms with Crippen LogP contribution in [-0.2, 0) is 16.0 Å². The van der Waals surface area contributed by atoms with Crippen molar-refractivity contribution in [2.75, 3.05) is 13.1 Å². The molecule has 1 saturated heterocycles. The van der Waals surface area contributed by atoms with E-state index in [1.165, 1.54) is 29.2 Å². The minimum absolute atomic E-state index is 0.171. The van der Waals surface area contributed by atoms with Crippen molar-refractivity contribution in [2.45, 2.75) is 6.42 Å². The number of carbonyl (C=O) groups excluding carboxylic acids is 2. The molecule has 1 aliphatic heterocycles. The lowest BCUT2D eigenvalue weighted by Crippen LogP contribution is -2.40. The van der Waals surface area contributed by atoms with Crippen molar-refractivity contribution in [1.82, 2.24) is 10.2 Å². The first-order valence-corrected chi connectivity index (χ1v) is 11.8. The molecule has 0 atom stereocenters. The fourth-order valence-corrected chi connectivity index (χ4v) is 4.64. The summed E-state index contributed by atoms with van der Waals surface area (Å²) in [5.41, 5.74) is 1.37. The number of benzene rings is 2. The van der Waals surface area contributed by atoms with Crippen LogP contribution in [0.5, 0.6) is 5.75 Å². The van der Waals surface area contributed by atoms with Gasteiger partial charge in [0.1, 0.15) is 33.7 Å². The van der Waals surface area contributed by atoms with Crippen LogP contribution in [0.1, 0.15) is 21.7 Å². The predicted molar refractivity (Wildman–Crippen MR) is 136 cm³/mol. The molecule has 2 aromatic carbocycles. The summed E-state index contributed by atoms with van der Waals surface area (Å²) < 4.78 is 6.02. The van der Waals surface area contributed by atoms with E-state index in [-0.39, 0.29) is 34.0 Å². The van der Waals surface area contributed by atoms with Gasteiger partial charge in [0.25, 0.3) is 5.91 Å². The van der Waals surface area contributed by atoms with Crippen LogP contribution < -0.4 is 5.32 Å². The van der Waals surface area contributed by atoms with Gasteiger partial charge in [-0.25, -0.2) is 4.79 Å². The third-order valence-electron chi connectivity index (χ3n) is 5.17. The Hall–Kier alpha value is -3.89. The zero-order valence-corrected chi connectivity index (χ0v) is 19.9. The van der Waals surface area contributed by atoms with Crippen LogP contribution in [0.15, 0.2) is 70.0 Å². The standard InChI is InChI=1S/C25H20N2O6S2/c28-19-12-16(6-8-18(19)24(31)32)20-9-7-17(33-20)13-21-23(30)27(25(34)35-21)14-22(29)26-11-10-15-4-2-1-3-5-15/h1-9,12-13,28H,10-11,14H2,(H,26,29)(H,31,32)/b21-13+. The van der Waals surface area contributed by atoms with Crippen LogP contribution >= 0.6 is 24.0 Å². The van der Waals surface area contributed by atoms with E-state index in [9.17, 15) is 19.5 Å². The quantitative estimate of drug-likeness (QED) is 0.309. The lowest BCUT2D eigenvalue weighted by Gasteiger charge is -2.14. The van der Waals surface area contributed by atoms with Crippen molar-refractivity contribution in [2.24, 2.45) is 0 Å². The molecule has 8 nitrogen and oxygen atoms in total. The molecule has 4 rings (SSSR count). The number of phenols is 1. The van der Waals surface area contributed by atoms with Crippen LogP contribution in [0.2, 0.25) is 0 Å². The molecule has 3 N–H and O–H groups in total. The summed E-state index contributed by atoms with van der Waals surface area (Å²) >= 11 is 6.36. The Morgan fingerprint density at radius 3 is 2.60 bits per heavy atom. The number of hydrogen-bond donors (Lipinski definition) is 3. The SMILES string of the molecule is O=C(CN1C(=O)/C(=C\c2ccc(-c3ccc(C(=O)O)c(O)c3)o2)SC1=S)NCCc1ccccc1. The fourth-order valence-electron chi connectivity index (χ4n) is 3.41. The van der Waals surface area contributed by atoms with Crippen molar-refractivity contribution in [1.29, 1.82) is 0 Å². The number of thioether (sulfide) groups is 1. The number of thiocarbonyl (C=S) groups is 1. The first-order chi connectivity index (χ1) is 16.8.